The van der Waals surface area contributed by atoms with Gasteiger partial charge in [-0.1, -0.05) is 13.8 Å². The Balaban J connectivity index is 2.32. The average molecular weight is 241 g/mol. The van der Waals surface area contributed by atoms with Gasteiger partial charge in [0.1, 0.15) is 5.01 Å². The van der Waals surface area contributed by atoms with Crippen LogP contribution in [0, 0.1) is 11.8 Å². The van der Waals surface area contributed by atoms with Gasteiger partial charge in [0.15, 0.2) is 0 Å². The van der Waals surface area contributed by atoms with Gasteiger partial charge in [0, 0.05) is 11.6 Å². The summed E-state index contributed by atoms with van der Waals surface area (Å²) in [5, 5.41) is 6.68. The quantitative estimate of drug-likeness (QED) is 0.771. The molecule has 0 spiro atoms. The van der Waals surface area contributed by atoms with Crippen molar-refractivity contribution in [1.29, 1.82) is 0 Å². The van der Waals surface area contributed by atoms with Crippen LogP contribution in [0.4, 0.5) is 0 Å². The summed E-state index contributed by atoms with van der Waals surface area (Å²) in [5.41, 5.74) is 5.77. The van der Waals surface area contributed by atoms with Crippen LogP contribution in [-0.4, -0.2) is 18.1 Å². The van der Waals surface area contributed by atoms with E-state index in [1.807, 2.05) is 11.6 Å². The van der Waals surface area contributed by atoms with E-state index in [1.165, 1.54) is 6.42 Å². The van der Waals surface area contributed by atoms with Crippen molar-refractivity contribution in [3.8, 4) is 0 Å². The fraction of sp³-hybridized carbons (Fsp3) is 0.750. The molecular weight excluding hydrogens is 218 g/mol. The minimum Gasteiger partial charge on any atom is -0.330 e. The zero-order valence-electron chi connectivity index (χ0n) is 10.4. The van der Waals surface area contributed by atoms with Crippen molar-refractivity contribution in [3.63, 3.8) is 0 Å². The third-order valence-corrected chi connectivity index (χ3v) is 3.63. The Labute approximate surface area is 102 Å². The first-order chi connectivity index (χ1) is 7.63. The first-order valence-electron chi connectivity index (χ1n) is 5.96. The minimum absolute atomic E-state index is 0.334. The molecule has 3 nitrogen and oxygen atoms in total. The third kappa shape index (κ3) is 4.60. The second kappa shape index (κ2) is 6.99. The van der Waals surface area contributed by atoms with Crippen molar-refractivity contribution in [3.05, 3.63) is 16.6 Å². The fourth-order valence-electron chi connectivity index (χ4n) is 1.81. The van der Waals surface area contributed by atoms with E-state index in [2.05, 4.69) is 31.1 Å². The topological polar surface area (TPSA) is 50.9 Å². The Morgan fingerprint density at radius 2 is 2.19 bits per heavy atom. The van der Waals surface area contributed by atoms with Crippen molar-refractivity contribution < 1.29 is 0 Å². The van der Waals surface area contributed by atoms with Gasteiger partial charge in [0.2, 0.25) is 0 Å². The molecule has 1 aromatic heterocycles. The molecular formula is C12H23N3S. The number of aromatic nitrogens is 1. The van der Waals surface area contributed by atoms with Crippen LogP contribution in [0.1, 0.15) is 38.2 Å². The van der Waals surface area contributed by atoms with Gasteiger partial charge in [0.05, 0.1) is 6.04 Å². The highest BCUT2D eigenvalue weighted by Gasteiger charge is 2.12. The van der Waals surface area contributed by atoms with Gasteiger partial charge in [-0.05, 0) is 38.3 Å². The Morgan fingerprint density at radius 1 is 1.44 bits per heavy atom. The number of thiazole rings is 1. The fourth-order valence-corrected chi connectivity index (χ4v) is 2.48. The Morgan fingerprint density at radius 3 is 2.69 bits per heavy atom. The number of hydrogen-bond donors (Lipinski definition) is 2. The van der Waals surface area contributed by atoms with Crippen LogP contribution in [-0.2, 0) is 0 Å². The molecule has 0 aliphatic carbocycles. The molecule has 2 unspecified atom stereocenters. The van der Waals surface area contributed by atoms with E-state index < -0.39 is 0 Å². The van der Waals surface area contributed by atoms with E-state index >= 15 is 0 Å². The molecule has 1 heterocycles. The first kappa shape index (κ1) is 13.6. The molecule has 0 aromatic carbocycles. The molecule has 2 atom stereocenters. The molecule has 0 saturated heterocycles. The summed E-state index contributed by atoms with van der Waals surface area (Å²) in [6.45, 7) is 8.38. The summed E-state index contributed by atoms with van der Waals surface area (Å²) in [5.74, 6) is 1.29. The van der Waals surface area contributed by atoms with E-state index in [0.717, 1.165) is 18.1 Å². The van der Waals surface area contributed by atoms with Gasteiger partial charge < -0.3 is 11.1 Å². The number of rotatable bonds is 7. The van der Waals surface area contributed by atoms with Gasteiger partial charge in [-0.15, -0.1) is 11.3 Å². The molecule has 0 bridgehead atoms. The Kier molecular flexibility index (Phi) is 5.95. The molecule has 3 N–H and O–H groups in total. The summed E-state index contributed by atoms with van der Waals surface area (Å²) in [4.78, 5) is 4.31. The van der Waals surface area contributed by atoms with Gasteiger partial charge in [-0.25, -0.2) is 4.98 Å². The molecule has 16 heavy (non-hydrogen) atoms. The lowest BCUT2D eigenvalue weighted by molar-refractivity contribution is 0.378. The zero-order valence-corrected chi connectivity index (χ0v) is 11.3. The molecule has 0 fully saturated rings. The highest BCUT2D eigenvalue weighted by Crippen LogP contribution is 2.16. The summed E-state index contributed by atoms with van der Waals surface area (Å²) < 4.78 is 0. The van der Waals surface area contributed by atoms with Gasteiger partial charge in [-0.3, -0.25) is 0 Å². The van der Waals surface area contributed by atoms with E-state index in [1.54, 1.807) is 11.3 Å². The smallest absolute Gasteiger partial charge is 0.109 e. The van der Waals surface area contributed by atoms with Gasteiger partial charge in [-0.2, -0.15) is 0 Å². The first-order valence-corrected chi connectivity index (χ1v) is 6.84. The highest BCUT2D eigenvalue weighted by molar-refractivity contribution is 7.09. The molecule has 0 aliphatic rings. The number of hydrogen-bond acceptors (Lipinski definition) is 4. The van der Waals surface area contributed by atoms with Crippen molar-refractivity contribution >= 4 is 11.3 Å². The van der Waals surface area contributed by atoms with Crippen LogP contribution < -0.4 is 11.1 Å². The van der Waals surface area contributed by atoms with Crippen LogP contribution >= 0.6 is 11.3 Å². The maximum atomic E-state index is 5.77. The summed E-state index contributed by atoms with van der Waals surface area (Å²) in [6, 6.07) is 0.334. The van der Waals surface area contributed by atoms with E-state index in [0.29, 0.717) is 17.9 Å². The van der Waals surface area contributed by atoms with Crippen LogP contribution in [0.5, 0.6) is 0 Å². The van der Waals surface area contributed by atoms with E-state index in [9.17, 15) is 0 Å². The van der Waals surface area contributed by atoms with Crippen molar-refractivity contribution in [1.82, 2.24) is 10.3 Å². The van der Waals surface area contributed by atoms with Crippen LogP contribution in [0.25, 0.3) is 0 Å². The minimum atomic E-state index is 0.334. The molecule has 92 valence electrons. The SMILES string of the molecule is CC(C)CC(CN)CNC(C)c1nccs1. The van der Waals surface area contributed by atoms with Crippen LogP contribution in [0.3, 0.4) is 0 Å². The Bertz CT molecular complexity index is 272. The van der Waals surface area contributed by atoms with Crippen molar-refractivity contribution in [2.75, 3.05) is 13.1 Å². The molecule has 0 amide bonds. The lowest BCUT2D eigenvalue weighted by Gasteiger charge is -2.20. The Hall–Kier alpha value is -0.450. The van der Waals surface area contributed by atoms with Crippen molar-refractivity contribution in [2.45, 2.75) is 33.2 Å². The summed E-state index contributed by atoms with van der Waals surface area (Å²) in [7, 11) is 0. The average Bonchev–Trinajstić information content (AvgIpc) is 2.76. The zero-order chi connectivity index (χ0) is 12.0. The number of nitrogens with zero attached hydrogens (tertiary/aromatic N) is 1. The predicted molar refractivity (Wildman–Crippen MR) is 70.5 cm³/mol. The van der Waals surface area contributed by atoms with Crippen LogP contribution in [0.15, 0.2) is 11.6 Å². The molecule has 0 saturated carbocycles. The lowest BCUT2D eigenvalue weighted by atomic mass is 9.97. The maximum Gasteiger partial charge on any atom is 0.109 e. The van der Waals surface area contributed by atoms with Gasteiger partial charge >= 0.3 is 0 Å². The molecule has 1 aromatic rings. The third-order valence-electron chi connectivity index (χ3n) is 2.67. The molecule has 0 aliphatic heterocycles. The summed E-state index contributed by atoms with van der Waals surface area (Å²) in [6.07, 6.45) is 3.04. The lowest BCUT2D eigenvalue weighted by Crippen LogP contribution is -2.31. The second-order valence-corrected chi connectivity index (χ2v) is 5.66. The normalized spacial score (nSPS) is 15.3. The molecule has 0 radical (unpaired) electrons. The number of nitrogens with two attached hydrogens (primary N) is 1. The maximum absolute atomic E-state index is 5.77. The van der Waals surface area contributed by atoms with Crippen LogP contribution in [0.2, 0.25) is 0 Å². The predicted octanol–water partition coefficient (Wildman–Crippen LogP) is 2.41. The number of nitrogens with one attached hydrogen (secondary N) is 1. The monoisotopic (exact) mass is 241 g/mol. The van der Waals surface area contributed by atoms with Crippen molar-refractivity contribution in [2.24, 2.45) is 17.6 Å². The second-order valence-electron chi connectivity index (χ2n) is 4.73. The highest BCUT2D eigenvalue weighted by atomic mass is 32.1. The summed E-state index contributed by atoms with van der Waals surface area (Å²) >= 11 is 1.70. The standard InChI is InChI=1S/C12H23N3S/c1-9(2)6-11(7-13)8-15-10(3)12-14-4-5-16-12/h4-5,9-11,15H,6-8,13H2,1-3H3. The molecule has 4 heteroatoms. The van der Waals surface area contributed by atoms with E-state index in [4.69, 9.17) is 5.73 Å². The largest absolute Gasteiger partial charge is 0.330 e. The van der Waals surface area contributed by atoms with Gasteiger partial charge in [0.25, 0.3) is 0 Å². The molecule has 1 rings (SSSR count). The van der Waals surface area contributed by atoms with E-state index in [-0.39, 0.29) is 0 Å².